The van der Waals surface area contributed by atoms with Gasteiger partial charge in [0.2, 0.25) is 0 Å². The molecule has 3 nitrogen and oxygen atoms in total. The van der Waals surface area contributed by atoms with Gasteiger partial charge in [0.1, 0.15) is 0 Å². The van der Waals surface area contributed by atoms with E-state index in [-0.39, 0.29) is 5.91 Å². The van der Waals surface area contributed by atoms with Gasteiger partial charge < -0.3 is 9.80 Å². The van der Waals surface area contributed by atoms with Crippen molar-refractivity contribution in [3.05, 3.63) is 22.4 Å². The van der Waals surface area contributed by atoms with Crippen molar-refractivity contribution in [2.75, 3.05) is 38.6 Å². The predicted octanol–water partition coefficient (Wildman–Crippen LogP) is 3.35. The highest BCUT2D eigenvalue weighted by molar-refractivity contribution is 7.27. The number of nitrogens with zero attached hydrogens (tertiary/aromatic N) is 2. The van der Waals surface area contributed by atoms with E-state index in [1.807, 2.05) is 11.0 Å². The van der Waals surface area contributed by atoms with Crippen LogP contribution in [0.2, 0.25) is 0 Å². The van der Waals surface area contributed by atoms with Gasteiger partial charge in [0.15, 0.2) is 0 Å². The zero-order chi connectivity index (χ0) is 13.9. The van der Waals surface area contributed by atoms with Crippen LogP contribution in [-0.4, -0.2) is 54.3 Å². The quantitative estimate of drug-likeness (QED) is 0.807. The molecule has 3 heterocycles. The van der Waals surface area contributed by atoms with Gasteiger partial charge in [0.25, 0.3) is 5.91 Å². The molecule has 0 N–H and O–H groups in total. The Hall–Kier alpha value is -0.620. The minimum atomic E-state index is 0.186. The molecule has 0 aliphatic carbocycles. The molecule has 1 aliphatic heterocycles. The topological polar surface area (TPSA) is 23.6 Å². The van der Waals surface area contributed by atoms with Gasteiger partial charge in [0.05, 0.1) is 4.88 Å². The maximum Gasteiger partial charge on any atom is 0.264 e. The molecule has 6 heteroatoms. The van der Waals surface area contributed by atoms with Crippen molar-refractivity contribution < 1.29 is 4.79 Å². The minimum absolute atomic E-state index is 0.186. The first-order valence-corrected chi connectivity index (χ1v) is 9.05. The molecule has 3 rings (SSSR count). The number of amides is 1. The first kappa shape index (κ1) is 14.3. The third kappa shape index (κ3) is 3.01. The summed E-state index contributed by atoms with van der Waals surface area (Å²) in [4.78, 5) is 17.8. The molecular weight excluding hydrogens is 312 g/mol. The Morgan fingerprint density at radius 1 is 1.25 bits per heavy atom. The lowest BCUT2D eigenvalue weighted by Gasteiger charge is -2.20. The number of fused-ring (bicyclic) bond motifs is 1. The Kier molecular flexibility index (Phi) is 4.61. The summed E-state index contributed by atoms with van der Waals surface area (Å²) in [6.45, 7) is 4.54. The highest BCUT2D eigenvalue weighted by Gasteiger charge is 2.21. The summed E-state index contributed by atoms with van der Waals surface area (Å²) in [5.74, 6) is 0.848. The third-order valence-corrected chi connectivity index (χ3v) is 5.88. The largest absolute Gasteiger partial charge is 0.337 e. The molecular formula is C14H17ClN2OS2. The number of hydrogen-bond donors (Lipinski definition) is 0. The molecule has 0 aromatic carbocycles. The fourth-order valence-corrected chi connectivity index (χ4v) is 4.86. The predicted molar refractivity (Wildman–Crippen MR) is 87.4 cm³/mol. The number of carbonyl (C=O) groups excluding carboxylic acids is 1. The number of carbonyl (C=O) groups is 1. The standard InChI is InChI=1S/C14H17ClN2OS2/c15-3-6-16-4-1-5-17(8-7-16)14(18)13-10-12-11(20-13)2-9-19-12/h2,9-10H,1,3-8H2. The summed E-state index contributed by atoms with van der Waals surface area (Å²) in [5.41, 5.74) is 0. The summed E-state index contributed by atoms with van der Waals surface area (Å²) in [5, 5.41) is 2.07. The molecule has 2 aromatic rings. The van der Waals surface area contributed by atoms with Gasteiger partial charge >= 0.3 is 0 Å². The van der Waals surface area contributed by atoms with Crippen molar-refractivity contribution in [2.45, 2.75) is 6.42 Å². The normalized spacial score (nSPS) is 17.6. The van der Waals surface area contributed by atoms with E-state index < -0.39 is 0 Å². The highest BCUT2D eigenvalue weighted by Crippen LogP contribution is 2.30. The van der Waals surface area contributed by atoms with E-state index in [0.29, 0.717) is 5.88 Å². The van der Waals surface area contributed by atoms with Gasteiger partial charge in [-0.05, 0) is 30.5 Å². The van der Waals surface area contributed by atoms with Crippen LogP contribution in [0.1, 0.15) is 16.1 Å². The SMILES string of the molecule is O=C(c1cc2sccc2s1)N1CCCN(CCCl)CC1. The lowest BCUT2D eigenvalue weighted by atomic mass is 10.3. The van der Waals surface area contributed by atoms with E-state index in [1.54, 1.807) is 22.7 Å². The smallest absolute Gasteiger partial charge is 0.264 e. The summed E-state index contributed by atoms with van der Waals surface area (Å²) in [6, 6.07) is 4.13. The first-order chi connectivity index (χ1) is 9.78. The Bertz CT molecular complexity index is 566. The minimum Gasteiger partial charge on any atom is -0.337 e. The van der Waals surface area contributed by atoms with Crippen LogP contribution < -0.4 is 0 Å². The highest BCUT2D eigenvalue weighted by atomic mass is 35.5. The van der Waals surface area contributed by atoms with Crippen LogP contribution in [0.5, 0.6) is 0 Å². The van der Waals surface area contributed by atoms with E-state index in [0.717, 1.165) is 44.0 Å². The molecule has 1 fully saturated rings. The summed E-state index contributed by atoms with van der Waals surface area (Å²) < 4.78 is 2.44. The van der Waals surface area contributed by atoms with Gasteiger partial charge in [-0.15, -0.1) is 34.3 Å². The summed E-state index contributed by atoms with van der Waals surface area (Å²) in [6.07, 6.45) is 1.03. The monoisotopic (exact) mass is 328 g/mol. The van der Waals surface area contributed by atoms with Crippen molar-refractivity contribution in [3.63, 3.8) is 0 Å². The molecule has 20 heavy (non-hydrogen) atoms. The van der Waals surface area contributed by atoms with Crippen molar-refractivity contribution in [3.8, 4) is 0 Å². The van der Waals surface area contributed by atoms with Crippen LogP contribution in [0.4, 0.5) is 0 Å². The number of rotatable bonds is 3. The van der Waals surface area contributed by atoms with Crippen LogP contribution in [-0.2, 0) is 0 Å². The Morgan fingerprint density at radius 2 is 2.15 bits per heavy atom. The van der Waals surface area contributed by atoms with Gasteiger partial charge in [0, 0.05) is 41.5 Å². The Balaban J connectivity index is 1.69. The molecule has 0 bridgehead atoms. The zero-order valence-corrected chi connectivity index (χ0v) is 13.6. The van der Waals surface area contributed by atoms with Crippen LogP contribution >= 0.6 is 34.3 Å². The summed E-state index contributed by atoms with van der Waals surface area (Å²) >= 11 is 9.10. The molecule has 1 amide bonds. The van der Waals surface area contributed by atoms with Crippen molar-refractivity contribution in [1.29, 1.82) is 0 Å². The second-order valence-corrected chi connectivity index (χ2v) is 7.35. The number of alkyl halides is 1. The molecule has 0 atom stereocenters. The molecule has 0 spiro atoms. The van der Waals surface area contributed by atoms with E-state index in [1.165, 1.54) is 9.40 Å². The number of hydrogen-bond acceptors (Lipinski definition) is 4. The van der Waals surface area contributed by atoms with Gasteiger partial charge in [-0.2, -0.15) is 0 Å². The maximum atomic E-state index is 12.6. The van der Waals surface area contributed by atoms with Crippen molar-refractivity contribution in [2.24, 2.45) is 0 Å². The zero-order valence-electron chi connectivity index (χ0n) is 11.2. The molecule has 0 radical (unpaired) electrons. The third-order valence-electron chi connectivity index (χ3n) is 3.63. The van der Waals surface area contributed by atoms with E-state index >= 15 is 0 Å². The van der Waals surface area contributed by atoms with Crippen molar-refractivity contribution in [1.82, 2.24) is 9.80 Å². The average molecular weight is 329 g/mol. The fourth-order valence-electron chi connectivity index (χ4n) is 2.54. The lowest BCUT2D eigenvalue weighted by molar-refractivity contribution is 0.0767. The second kappa shape index (κ2) is 6.43. The van der Waals surface area contributed by atoms with Gasteiger partial charge in [-0.1, -0.05) is 0 Å². The number of thiophene rings is 2. The van der Waals surface area contributed by atoms with Crippen LogP contribution in [0.25, 0.3) is 9.40 Å². The van der Waals surface area contributed by atoms with Crippen LogP contribution in [0, 0.1) is 0 Å². The van der Waals surface area contributed by atoms with Gasteiger partial charge in [-0.3, -0.25) is 4.79 Å². The van der Waals surface area contributed by atoms with E-state index in [4.69, 9.17) is 11.6 Å². The van der Waals surface area contributed by atoms with Gasteiger partial charge in [-0.25, -0.2) is 0 Å². The second-order valence-electron chi connectivity index (χ2n) is 4.94. The molecule has 1 aliphatic rings. The van der Waals surface area contributed by atoms with E-state index in [2.05, 4.69) is 16.3 Å². The van der Waals surface area contributed by atoms with Crippen LogP contribution in [0.15, 0.2) is 17.5 Å². The fraction of sp³-hybridized carbons (Fsp3) is 0.500. The van der Waals surface area contributed by atoms with Crippen LogP contribution in [0.3, 0.4) is 0 Å². The molecule has 1 saturated heterocycles. The number of halogens is 1. The Morgan fingerprint density at radius 3 is 2.95 bits per heavy atom. The Labute approximate surface area is 131 Å². The maximum absolute atomic E-state index is 12.6. The average Bonchev–Trinajstić information content (AvgIpc) is 2.95. The molecule has 0 unspecified atom stereocenters. The van der Waals surface area contributed by atoms with E-state index in [9.17, 15) is 4.79 Å². The summed E-state index contributed by atoms with van der Waals surface area (Å²) in [7, 11) is 0. The van der Waals surface area contributed by atoms with Crippen molar-refractivity contribution >= 4 is 49.6 Å². The molecule has 108 valence electrons. The first-order valence-electron chi connectivity index (χ1n) is 6.82. The lowest BCUT2D eigenvalue weighted by Crippen LogP contribution is -2.35. The molecule has 0 saturated carbocycles. The molecule has 2 aromatic heterocycles.